The number of rotatable bonds is 6. The Labute approximate surface area is 193 Å². The average Bonchev–Trinajstić information content (AvgIpc) is 2.74. The van der Waals surface area contributed by atoms with E-state index in [4.69, 9.17) is 9.73 Å². The maximum absolute atomic E-state index is 5.59. The van der Waals surface area contributed by atoms with Gasteiger partial charge in [-0.2, -0.15) is 0 Å². The molecule has 0 amide bonds. The molecule has 0 aromatic heterocycles. The van der Waals surface area contributed by atoms with Crippen LogP contribution in [0.2, 0.25) is 0 Å². The molecule has 0 radical (unpaired) electrons. The molecular weight excluding hydrogens is 477 g/mol. The van der Waals surface area contributed by atoms with Gasteiger partial charge in [0, 0.05) is 50.1 Å². The van der Waals surface area contributed by atoms with Crippen LogP contribution in [-0.2, 0) is 4.74 Å². The molecular formula is C22H38IN5O. The van der Waals surface area contributed by atoms with Gasteiger partial charge in [0.15, 0.2) is 5.96 Å². The van der Waals surface area contributed by atoms with Crippen molar-refractivity contribution in [3.8, 4) is 0 Å². The van der Waals surface area contributed by atoms with Gasteiger partial charge >= 0.3 is 0 Å². The lowest BCUT2D eigenvalue weighted by molar-refractivity contribution is -0.00255. The van der Waals surface area contributed by atoms with Gasteiger partial charge in [-0.3, -0.25) is 4.99 Å². The predicted molar refractivity (Wildman–Crippen MR) is 133 cm³/mol. The Morgan fingerprint density at radius 1 is 1.17 bits per heavy atom. The molecule has 0 spiro atoms. The smallest absolute Gasteiger partial charge is 0.191 e. The molecule has 29 heavy (non-hydrogen) atoms. The van der Waals surface area contributed by atoms with E-state index in [1.807, 2.05) is 0 Å². The van der Waals surface area contributed by atoms with Crippen LogP contribution in [0, 0.1) is 0 Å². The third-order valence-corrected chi connectivity index (χ3v) is 6.21. The topological polar surface area (TPSA) is 52.1 Å². The zero-order valence-corrected chi connectivity index (χ0v) is 20.5. The second kappa shape index (κ2) is 12.0. The van der Waals surface area contributed by atoms with Crippen LogP contribution < -0.4 is 15.5 Å². The summed E-state index contributed by atoms with van der Waals surface area (Å²) in [6.45, 7) is 7.64. The molecule has 1 aromatic carbocycles. The quantitative estimate of drug-likeness (QED) is 0.347. The third-order valence-electron chi connectivity index (χ3n) is 6.21. The summed E-state index contributed by atoms with van der Waals surface area (Å²) in [7, 11) is 4.33. The lowest BCUT2D eigenvalue weighted by Crippen LogP contribution is -2.53. The highest BCUT2D eigenvalue weighted by Gasteiger charge is 2.34. The molecule has 2 heterocycles. The molecule has 0 unspecified atom stereocenters. The number of para-hydroxylation sites is 1. The summed E-state index contributed by atoms with van der Waals surface area (Å²) in [5, 5.41) is 7.13. The number of aliphatic imine (C=N–C) groups is 1. The summed E-state index contributed by atoms with van der Waals surface area (Å²) in [4.78, 5) is 9.80. The van der Waals surface area contributed by atoms with E-state index in [1.54, 1.807) is 0 Å². The third kappa shape index (κ3) is 6.72. The number of hydrogen-bond acceptors (Lipinski definition) is 4. The van der Waals surface area contributed by atoms with Crippen LogP contribution in [0.4, 0.5) is 5.69 Å². The Morgan fingerprint density at radius 2 is 1.83 bits per heavy atom. The predicted octanol–water partition coefficient (Wildman–Crippen LogP) is 2.94. The molecule has 2 saturated heterocycles. The number of nitrogens with zero attached hydrogens (tertiary/aromatic N) is 3. The van der Waals surface area contributed by atoms with E-state index in [0.29, 0.717) is 6.04 Å². The first-order valence-electron chi connectivity index (χ1n) is 10.7. The van der Waals surface area contributed by atoms with Crippen LogP contribution >= 0.6 is 24.0 Å². The minimum atomic E-state index is 0. The van der Waals surface area contributed by atoms with Crippen molar-refractivity contribution < 1.29 is 4.74 Å². The van der Waals surface area contributed by atoms with Crippen molar-refractivity contribution in [2.75, 3.05) is 58.4 Å². The van der Waals surface area contributed by atoms with Gasteiger partial charge in [-0.05, 0) is 58.8 Å². The summed E-state index contributed by atoms with van der Waals surface area (Å²) < 4.78 is 5.59. The molecule has 0 bridgehead atoms. The molecule has 1 aromatic rings. The van der Waals surface area contributed by atoms with Crippen LogP contribution in [0.25, 0.3) is 0 Å². The summed E-state index contributed by atoms with van der Waals surface area (Å²) in [6, 6.07) is 11.2. The molecule has 0 aliphatic carbocycles. The normalized spacial score (nSPS) is 20.3. The SMILES string of the molecule is CCNC(=NCC1(N(C)C)CCOCC1)NC1CCN(c2ccccc2)CC1.I. The average molecular weight is 515 g/mol. The molecule has 2 aliphatic heterocycles. The molecule has 2 aliphatic rings. The fourth-order valence-electron chi connectivity index (χ4n) is 4.16. The maximum atomic E-state index is 5.59. The minimum Gasteiger partial charge on any atom is -0.381 e. The van der Waals surface area contributed by atoms with Crippen molar-refractivity contribution >= 4 is 35.6 Å². The van der Waals surface area contributed by atoms with Crippen LogP contribution in [0.3, 0.4) is 0 Å². The van der Waals surface area contributed by atoms with Gasteiger partial charge in [-0.25, -0.2) is 0 Å². The van der Waals surface area contributed by atoms with Crippen LogP contribution in [-0.4, -0.2) is 75.9 Å². The lowest BCUT2D eigenvalue weighted by Gasteiger charge is -2.42. The molecule has 2 N–H and O–H groups in total. The molecule has 2 fully saturated rings. The number of likely N-dealkylation sites (N-methyl/N-ethyl adjacent to an activating group) is 1. The summed E-state index contributed by atoms with van der Waals surface area (Å²) in [5.41, 5.74) is 1.44. The van der Waals surface area contributed by atoms with Crippen LogP contribution in [0.15, 0.2) is 35.3 Å². The standard InChI is InChI=1S/C22H37N5O.HI/c1-4-23-21(24-18-22(26(2)3)12-16-28-17-13-22)25-19-10-14-27(15-11-19)20-8-6-5-7-9-20;/h5-9,19H,4,10-18H2,1-3H3,(H2,23,24,25);1H. The van der Waals surface area contributed by atoms with E-state index in [9.17, 15) is 0 Å². The molecule has 3 rings (SSSR count). The number of guanidine groups is 1. The van der Waals surface area contributed by atoms with Crippen LogP contribution in [0.1, 0.15) is 32.6 Å². The van der Waals surface area contributed by atoms with Gasteiger partial charge in [0.05, 0.1) is 6.54 Å². The largest absolute Gasteiger partial charge is 0.381 e. The number of ether oxygens (including phenoxy) is 1. The molecule has 0 atom stereocenters. The number of piperidine rings is 1. The van der Waals surface area contributed by atoms with Gasteiger partial charge in [0.2, 0.25) is 0 Å². The zero-order chi connectivity index (χ0) is 19.8. The Kier molecular flexibility index (Phi) is 9.98. The van der Waals surface area contributed by atoms with Crippen molar-refractivity contribution in [2.45, 2.75) is 44.2 Å². The van der Waals surface area contributed by atoms with E-state index in [0.717, 1.165) is 71.0 Å². The number of nitrogens with one attached hydrogen (secondary N) is 2. The zero-order valence-electron chi connectivity index (χ0n) is 18.2. The van der Waals surface area contributed by atoms with Gasteiger partial charge < -0.3 is 25.2 Å². The number of anilines is 1. The fourth-order valence-corrected chi connectivity index (χ4v) is 4.16. The first-order valence-corrected chi connectivity index (χ1v) is 10.7. The van der Waals surface area contributed by atoms with E-state index in [2.05, 4.69) is 71.8 Å². The van der Waals surface area contributed by atoms with Gasteiger partial charge in [-0.1, -0.05) is 18.2 Å². The monoisotopic (exact) mass is 515 g/mol. The first kappa shape index (κ1) is 24.2. The Bertz CT molecular complexity index is 611. The Hall–Kier alpha value is -1.06. The van der Waals surface area contributed by atoms with E-state index in [1.165, 1.54) is 5.69 Å². The summed E-state index contributed by atoms with van der Waals surface area (Å²) >= 11 is 0. The lowest BCUT2D eigenvalue weighted by atomic mass is 9.89. The summed E-state index contributed by atoms with van der Waals surface area (Å²) in [5.74, 6) is 0.952. The maximum Gasteiger partial charge on any atom is 0.191 e. The van der Waals surface area contributed by atoms with Gasteiger partial charge in [0.1, 0.15) is 0 Å². The van der Waals surface area contributed by atoms with Crippen molar-refractivity contribution in [1.29, 1.82) is 0 Å². The van der Waals surface area contributed by atoms with Gasteiger partial charge in [0.25, 0.3) is 0 Å². The van der Waals surface area contributed by atoms with Crippen molar-refractivity contribution in [3.63, 3.8) is 0 Å². The molecule has 6 nitrogen and oxygen atoms in total. The van der Waals surface area contributed by atoms with E-state index in [-0.39, 0.29) is 29.5 Å². The van der Waals surface area contributed by atoms with E-state index >= 15 is 0 Å². The minimum absolute atomic E-state index is 0. The highest BCUT2D eigenvalue weighted by Crippen LogP contribution is 2.26. The fraction of sp³-hybridized carbons (Fsp3) is 0.682. The highest BCUT2D eigenvalue weighted by atomic mass is 127. The molecule has 0 saturated carbocycles. The Balaban J connectivity index is 0.00000300. The number of hydrogen-bond donors (Lipinski definition) is 2. The van der Waals surface area contributed by atoms with Crippen molar-refractivity contribution in [2.24, 2.45) is 4.99 Å². The van der Waals surface area contributed by atoms with Crippen molar-refractivity contribution in [3.05, 3.63) is 30.3 Å². The molecule has 7 heteroatoms. The second-order valence-electron chi connectivity index (χ2n) is 8.17. The highest BCUT2D eigenvalue weighted by molar-refractivity contribution is 14.0. The Morgan fingerprint density at radius 3 is 2.41 bits per heavy atom. The van der Waals surface area contributed by atoms with Gasteiger partial charge in [-0.15, -0.1) is 24.0 Å². The second-order valence-corrected chi connectivity index (χ2v) is 8.17. The summed E-state index contributed by atoms with van der Waals surface area (Å²) in [6.07, 6.45) is 4.34. The van der Waals surface area contributed by atoms with Crippen molar-refractivity contribution in [1.82, 2.24) is 15.5 Å². The van der Waals surface area contributed by atoms with E-state index < -0.39 is 0 Å². The van der Waals surface area contributed by atoms with Crippen LogP contribution in [0.5, 0.6) is 0 Å². The number of halogens is 1. The molecule has 164 valence electrons. The number of benzene rings is 1. The first-order chi connectivity index (χ1) is 13.6.